The second kappa shape index (κ2) is 4.79. The Balaban J connectivity index is 2.64. The SMILES string of the molecule is CCOC(=O)c1[nH]c2ccccc2c1N=C(N)N. The van der Waals surface area contributed by atoms with Crippen molar-refractivity contribution >= 4 is 28.5 Å². The van der Waals surface area contributed by atoms with E-state index in [-0.39, 0.29) is 18.3 Å². The lowest BCUT2D eigenvalue weighted by atomic mass is 10.2. The molecule has 2 rings (SSSR count). The standard InChI is InChI=1S/C12H14N4O2/c1-2-18-11(17)10-9(16-12(13)14)7-5-3-4-6-8(7)15-10/h3-6,15H,2H2,1H3,(H4,13,14,16). The second-order valence-corrected chi connectivity index (χ2v) is 3.65. The van der Waals surface area contributed by atoms with Gasteiger partial charge in [0.15, 0.2) is 11.7 Å². The largest absolute Gasteiger partial charge is 0.461 e. The number of hydrogen-bond donors (Lipinski definition) is 3. The van der Waals surface area contributed by atoms with E-state index in [1.807, 2.05) is 24.3 Å². The molecule has 0 bridgehead atoms. The average molecular weight is 246 g/mol. The van der Waals surface area contributed by atoms with Crippen molar-refractivity contribution in [3.8, 4) is 0 Å². The summed E-state index contributed by atoms with van der Waals surface area (Å²) < 4.78 is 4.96. The van der Waals surface area contributed by atoms with Crippen LogP contribution in [-0.2, 0) is 4.74 Å². The van der Waals surface area contributed by atoms with E-state index in [1.54, 1.807) is 6.92 Å². The van der Waals surface area contributed by atoms with Crippen molar-refractivity contribution in [2.75, 3.05) is 6.61 Å². The molecule has 0 saturated carbocycles. The number of aromatic nitrogens is 1. The van der Waals surface area contributed by atoms with E-state index in [9.17, 15) is 4.79 Å². The van der Waals surface area contributed by atoms with Gasteiger partial charge in [-0.3, -0.25) is 0 Å². The normalized spacial score (nSPS) is 10.3. The van der Waals surface area contributed by atoms with Crippen LogP contribution < -0.4 is 11.5 Å². The number of carbonyl (C=O) groups excluding carboxylic acids is 1. The van der Waals surface area contributed by atoms with Crippen LogP contribution in [0.5, 0.6) is 0 Å². The minimum atomic E-state index is -0.478. The minimum absolute atomic E-state index is 0.106. The highest BCUT2D eigenvalue weighted by atomic mass is 16.5. The number of fused-ring (bicyclic) bond motifs is 1. The number of rotatable bonds is 3. The maximum Gasteiger partial charge on any atom is 0.357 e. The number of benzene rings is 1. The zero-order chi connectivity index (χ0) is 13.1. The van der Waals surface area contributed by atoms with Crippen LogP contribution in [0, 0.1) is 0 Å². The molecule has 0 aliphatic carbocycles. The van der Waals surface area contributed by atoms with Gasteiger partial charge in [0.25, 0.3) is 0 Å². The number of nitrogens with two attached hydrogens (primary N) is 2. The number of H-pyrrole nitrogens is 1. The Bertz CT molecular complexity index is 612. The summed E-state index contributed by atoms with van der Waals surface area (Å²) in [5.74, 6) is -0.584. The number of ether oxygens (including phenoxy) is 1. The Morgan fingerprint density at radius 2 is 2.11 bits per heavy atom. The van der Waals surface area contributed by atoms with Crippen LogP contribution in [0.1, 0.15) is 17.4 Å². The lowest BCUT2D eigenvalue weighted by Crippen LogP contribution is -2.22. The molecular weight excluding hydrogens is 232 g/mol. The third-order valence-electron chi connectivity index (χ3n) is 2.40. The molecule has 0 saturated heterocycles. The summed E-state index contributed by atoms with van der Waals surface area (Å²) in [6, 6.07) is 7.37. The zero-order valence-electron chi connectivity index (χ0n) is 9.93. The predicted molar refractivity (Wildman–Crippen MR) is 69.7 cm³/mol. The van der Waals surface area contributed by atoms with E-state index < -0.39 is 5.97 Å². The smallest absolute Gasteiger partial charge is 0.357 e. The number of nitrogens with one attached hydrogen (secondary N) is 1. The van der Waals surface area contributed by atoms with Crippen molar-refractivity contribution in [2.45, 2.75) is 6.92 Å². The molecule has 94 valence electrons. The van der Waals surface area contributed by atoms with Gasteiger partial charge in [0.1, 0.15) is 5.69 Å². The number of guanidine groups is 1. The highest BCUT2D eigenvalue weighted by Gasteiger charge is 2.18. The van der Waals surface area contributed by atoms with E-state index >= 15 is 0 Å². The molecule has 5 N–H and O–H groups in total. The van der Waals surface area contributed by atoms with Crippen LogP contribution in [-0.4, -0.2) is 23.5 Å². The Morgan fingerprint density at radius 3 is 2.78 bits per heavy atom. The number of hydrogen-bond acceptors (Lipinski definition) is 3. The molecule has 1 aromatic heterocycles. The molecule has 6 heteroatoms. The first-order valence-corrected chi connectivity index (χ1v) is 5.51. The van der Waals surface area contributed by atoms with Gasteiger partial charge in [0.2, 0.25) is 0 Å². The fourth-order valence-corrected chi connectivity index (χ4v) is 1.72. The second-order valence-electron chi connectivity index (χ2n) is 3.65. The van der Waals surface area contributed by atoms with Gasteiger partial charge in [-0.1, -0.05) is 18.2 Å². The predicted octanol–water partition coefficient (Wildman–Crippen LogP) is 1.25. The number of nitrogens with zero attached hydrogens (tertiary/aromatic N) is 1. The highest BCUT2D eigenvalue weighted by molar-refractivity contribution is 6.06. The molecule has 1 heterocycles. The van der Waals surface area contributed by atoms with Crippen LogP contribution >= 0.6 is 0 Å². The Kier molecular flexibility index (Phi) is 3.18. The molecule has 0 aliphatic rings. The fraction of sp³-hybridized carbons (Fsp3) is 0.167. The van der Waals surface area contributed by atoms with Gasteiger partial charge in [-0.05, 0) is 13.0 Å². The van der Waals surface area contributed by atoms with Crippen LogP contribution in [0.4, 0.5) is 5.69 Å². The highest BCUT2D eigenvalue weighted by Crippen LogP contribution is 2.30. The van der Waals surface area contributed by atoms with Crippen LogP contribution in [0.2, 0.25) is 0 Å². The molecular formula is C12H14N4O2. The monoisotopic (exact) mass is 246 g/mol. The van der Waals surface area contributed by atoms with Gasteiger partial charge in [-0.2, -0.15) is 0 Å². The van der Waals surface area contributed by atoms with E-state index in [0.29, 0.717) is 5.69 Å². The van der Waals surface area contributed by atoms with Crippen LogP contribution in [0.15, 0.2) is 29.3 Å². The summed E-state index contributed by atoms with van der Waals surface area (Å²) >= 11 is 0. The van der Waals surface area contributed by atoms with E-state index in [2.05, 4.69) is 9.98 Å². The van der Waals surface area contributed by atoms with Gasteiger partial charge < -0.3 is 21.2 Å². The van der Waals surface area contributed by atoms with Crippen LogP contribution in [0.3, 0.4) is 0 Å². The number of aliphatic imine (C=N–C) groups is 1. The molecule has 0 aliphatic heterocycles. The van der Waals surface area contributed by atoms with Crippen molar-refractivity contribution in [1.29, 1.82) is 0 Å². The fourth-order valence-electron chi connectivity index (χ4n) is 1.72. The van der Waals surface area contributed by atoms with Crippen molar-refractivity contribution in [3.05, 3.63) is 30.0 Å². The summed E-state index contributed by atoms with van der Waals surface area (Å²) in [6.07, 6.45) is 0. The van der Waals surface area contributed by atoms with Gasteiger partial charge >= 0.3 is 5.97 Å². The lowest BCUT2D eigenvalue weighted by Gasteiger charge is -2.00. The summed E-state index contributed by atoms with van der Waals surface area (Å²) in [4.78, 5) is 18.8. The van der Waals surface area contributed by atoms with Crippen molar-refractivity contribution in [1.82, 2.24) is 4.98 Å². The minimum Gasteiger partial charge on any atom is -0.461 e. The Morgan fingerprint density at radius 1 is 1.39 bits per heavy atom. The molecule has 0 amide bonds. The summed E-state index contributed by atoms with van der Waals surface area (Å²) in [6.45, 7) is 2.02. The maximum absolute atomic E-state index is 11.8. The third kappa shape index (κ3) is 2.13. The maximum atomic E-state index is 11.8. The first kappa shape index (κ1) is 12.0. The first-order chi connectivity index (χ1) is 8.63. The number of aromatic amines is 1. The van der Waals surface area contributed by atoms with Crippen molar-refractivity contribution in [3.63, 3.8) is 0 Å². The molecule has 2 aromatic rings. The molecule has 6 nitrogen and oxygen atoms in total. The third-order valence-corrected chi connectivity index (χ3v) is 2.40. The van der Waals surface area contributed by atoms with Gasteiger partial charge in [0.05, 0.1) is 6.61 Å². The quantitative estimate of drug-likeness (QED) is 0.430. The summed E-state index contributed by atoms with van der Waals surface area (Å²) in [5.41, 5.74) is 12.2. The average Bonchev–Trinajstić information content (AvgIpc) is 2.68. The Labute approximate surface area is 104 Å². The first-order valence-electron chi connectivity index (χ1n) is 5.51. The molecule has 0 atom stereocenters. The van der Waals surface area contributed by atoms with Crippen LogP contribution in [0.25, 0.3) is 10.9 Å². The molecule has 0 spiro atoms. The molecule has 0 radical (unpaired) electrons. The number of para-hydroxylation sites is 1. The van der Waals surface area contributed by atoms with E-state index in [4.69, 9.17) is 16.2 Å². The van der Waals surface area contributed by atoms with Gasteiger partial charge in [0, 0.05) is 10.9 Å². The molecule has 0 unspecified atom stereocenters. The summed E-state index contributed by atoms with van der Waals surface area (Å²) in [5, 5.41) is 0.772. The van der Waals surface area contributed by atoms with Crippen molar-refractivity contribution < 1.29 is 9.53 Å². The van der Waals surface area contributed by atoms with Gasteiger partial charge in [-0.25, -0.2) is 9.79 Å². The topological polar surface area (TPSA) is 106 Å². The molecule has 0 fully saturated rings. The molecule has 18 heavy (non-hydrogen) atoms. The van der Waals surface area contributed by atoms with Gasteiger partial charge in [-0.15, -0.1) is 0 Å². The molecule has 1 aromatic carbocycles. The summed E-state index contributed by atoms with van der Waals surface area (Å²) in [7, 11) is 0. The lowest BCUT2D eigenvalue weighted by molar-refractivity contribution is 0.0521. The Hall–Kier alpha value is -2.50. The number of carbonyl (C=O) groups is 1. The van der Waals surface area contributed by atoms with Crippen molar-refractivity contribution in [2.24, 2.45) is 16.5 Å². The zero-order valence-corrected chi connectivity index (χ0v) is 9.93. The number of esters is 1. The van der Waals surface area contributed by atoms with E-state index in [1.165, 1.54) is 0 Å². The van der Waals surface area contributed by atoms with E-state index in [0.717, 1.165) is 10.9 Å².